The molecule has 0 aliphatic carbocycles. The van der Waals surface area contributed by atoms with E-state index in [4.69, 9.17) is 18.9 Å². The SMILES string of the molecule is CCOc1cc(/C=C/C(=O)OCC(=O)c2ccc(OC)cc2)ccc1OC. The zero-order valence-corrected chi connectivity index (χ0v) is 15.6. The molecule has 2 aromatic rings. The summed E-state index contributed by atoms with van der Waals surface area (Å²) < 4.78 is 20.7. The van der Waals surface area contributed by atoms with Gasteiger partial charge in [0.25, 0.3) is 0 Å². The second kappa shape index (κ2) is 10.0. The molecule has 142 valence electrons. The van der Waals surface area contributed by atoms with Crippen molar-refractivity contribution in [3.8, 4) is 17.2 Å². The number of methoxy groups -OCH3 is 2. The van der Waals surface area contributed by atoms with Gasteiger partial charge in [-0.1, -0.05) is 6.07 Å². The number of esters is 1. The van der Waals surface area contributed by atoms with Crippen LogP contribution in [-0.2, 0) is 9.53 Å². The summed E-state index contributed by atoms with van der Waals surface area (Å²) in [6.45, 7) is 2.04. The number of hydrogen-bond acceptors (Lipinski definition) is 6. The highest BCUT2D eigenvalue weighted by molar-refractivity contribution is 5.99. The molecule has 0 atom stereocenters. The summed E-state index contributed by atoms with van der Waals surface area (Å²) in [5.74, 6) is 0.956. The van der Waals surface area contributed by atoms with Crippen LogP contribution in [0.5, 0.6) is 17.2 Å². The molecule has 0 bridgehead atoms. The van der Waals surface area contributed by atoms with Gasteiger partial charge in [0, 0.05) is 11.6 Å². The predicted octanol–water partition coefficient (Wildman–Crippen LogP) is 3.54. The van der Waals surface area contributed by atoms with E-state index in [0.717, 1.165) is 5.56 Å². The van der Waals surface area contributed by atoms with Crippen LogP contribution in [0.25, 0.3) is 6.08 Å². The predicted molar refractivity (Wildman–Crippen MR) is 101 cm³/mol. The Labute approximate surface area is 158 Å². The molecule has 0 saturated heterocycles. The third-order valence-corrected chi connectivity index (χ3v) is 3.66. The first kappa shape index (κ1) is 20.0. The molecule has 6 heteroatoms. The number of carbonyl (C=O) groups is 2. The van der Waals surface area contributed by atoms with Crippen LogP contribution in [-0.4, -0.2) is 39.2 Å². The zero-order valence-electron chi connectivity index (χ0n) is 15.6. The summed E-state index contributed by atoms with van der Waals surface area (Å²) in [5, 5.41) is 0. The summed E-state index contributed by atoms with van der Waals surface area (Å²) in [6.07, 6.45) is 2.85. The van der Waals surface area contributed by atoms with E-state index < -0.39 is 5.97 Å². The molecule has 0 aromatic heterocycles. The minimum atomic E-state index is -0.606. The quantitative estimate of drug-likeness (QED) is 0.382. The molecule has 0 spiro atoms. The summed E-state index contributed by atoms with van der Waals surface area (Å²) in [4.78, 5) is 23.9. The Morgan fingerprint density at radius 1 is 0.963 bits per heavy atom. The Morgan fingerprint density at radius 3 is 2.33 bits per heavy atom. The summed E-state index contributed by atoms with van der Waals surface area (Å²) in [7, 11) is 3.11. The smallest absolute Gasteiger partial charge is 0.331 e. The van der Waals surface area contributed by atoms with Crippen LogP contribution in [0, 0.1) is 0 Å². The molecule has 0 aliphatic rings. The minimum Gasteiger partial charge on any atom is -0.497 e. The van der Waals surface area contributed by atoms with Crippen molar-refractivity contribution in [3.63, 3.8) is 0 Å². The lowest BCUT2D eigenvalue weighted by molar-refractivity contribution is -0.136. The Morgan fingerprint density at radius 2 is 1.70 bits per heavy atom. The maximum absolute atomic E-state index is 12.0. The molecule has 0 unspecified atom stereocenters. The fourth-order valence-electron chi connectivity index (χ4n) is 2.27. The van der Waals surface area contributed by atoms with Crippen molar-refractivity contribution in [2.75, 3.05) is 27.4 Å². The lowest BCUT2D eigenvalue weighted by Crippen LogP contribution is -2.12. The monoisotopic (exact) mass is 370 g/mol. The van der Waals surface area contributed by atoms with Crippen LogP contribution in [0.15, 0.2) is 48.5 Å². The summed E-state index contributed by atoms with van der Waals surface area (Å²) >= 11 is 0. The molecule has 0 fully saturated rings. The molecule has 0 heterocycles. The van der Waals surface area contributed by atoms with Gasteiger partial charge in [-0.3, -0.25) is 4.79 Å². The zero-order chi connectivity index (χ0) is 19.6. The molecular weight excluding hydrogens is 348 g/mol. The first-order chi connectivity index (χ1) is 13.1. The van der Waals surface area contributed by atoms with Gasteiger partial charge in [0.1, 0.15) is 5.75 Å². The number of benzene rings is 2. The van der Waals surface area contributed by atoms with Crippen LogP contribution in [0.2, 0.25) is 0 Å². The van der Waals surface area contributed by atoms with Crippen molar-refractivity contribution < 1.29 is 28.5 Å². The molecule has 2 rings (SSSR count). The first-order valence-corrected chi connectivity index (χ1v) is 8.40. The van der Waals surface area contributed by atoms with Gasteiger partial charge in [0.05, 0.1) is 20.8 Å². The third kappa shape index (κ3) is 5.88. The number of ketones is 1. The number of rotatable bonds is 9. The molecule has 0 aliphatic heterocycles. The van der Waals surface area contributed by atoms with E-state index in [1.807, 2.05) is 6.92 Å². The van der Waals surface area contributed by atoms with E-state index >= 15 is 0 Å². The second-order valence-electron chi connectivity index (χ2n) is 5.44. The Bertz CT molecular complexity index is 808. The van der Waals surface area contributed by atoms with E-state index in [1.54, 1.807) is 62.8 Å². The molecule has 0 radical (unpaired) electrons. The molecule has 0 amide bonds. The van der Waals surface area contributed by atoms with E-state index in [2.05, 4.69) is 0 Å². The number of Topliss-reactive ketones (excluding diaryl/α,β-unsaturated/α-hetero) is 1. The van der Waals surface area contributed by atoms with Gasteiger partial charge in [0.15, 0.2) is 23.9 Å². The van der Waals surface area contributed by atoms with Gasteiger partial charge in [-0.15, -0.1) is 0 Å². The van der Waals surface area contributed by atoms with Crippen molar-refractivity contribution >= 4 is 17.8 Å². The Hall–Kier alpha value is -3.28. The molecule has 2 aromatic carbocycles. The average molecular weight is 370 g/mol. The van der Waals surface area contributed by atoms with Gasteiger partial charge < -0.3 is 18.9 Å². The van der Waals surface area contributed by atoms with Crippen LogP contribution in [0.1, 0.15) is 22.8 Å². The standard InChI is InChI=1S/C21H22O6/c1-4-26-20-13-15(5-11-19(20)25-3)6-12-21(23)27-14-18(22)16-7-9-17(24-2)10-8-16/h5-13H,4,14H2,1-3H3/b12-6+. The molecule has 0 N–H and O–H groups in total. The van der Waals surface area contributed by atoms with E-state index in [-0.39, 0.29) is 12.4 Å². The summed E-state index contributed by atoms with van der Waals surface area (Å²) in [5.41, 5.74) is 1.20. The molecule has 27 heavy (non-hydrogen) atoms. The van der Waals surface area contributed by atoms with Crippen molar-refractivity contribution in [3.05, 3.63) is 59.7 Å². The van der Waals surface area contributed by atoms with Crippen molar-refractivity contribution in [1.82, 2.24) is 0 Å². The second-order valence-corrected chi connectivity index (χ2v) is 5.44. The maximum atomic E-state index is 12.0. The minimum absolute atomic E-state index is 0.289. The lowest BCUT2D eigenvalue weighted by atomic mass is 10.1. The van der Waals surface area contributed by atoms with E-state index in [1.165, 1.54) is 6.08 Å². The number of carbonyl (C=O) groups excluding carboxylic acids is 2. The van der Waals surface area contributed by atoms with Crippen molar-refractivity contribution in [2.24, 2.45) is 0 Å². The van der Waals surface area contributed by atoms with Crippen LogP contribution >= 0.6 is 0 Å². The lowest BCUT2D eigenvalue weighted by Gasteiger charge is -2.09. The molecule has 0 saturated carbocycles. The maximum Gasteiger partial charge on any atom is 0.331 e. The molecular formula is C21H22O6. The van der Waals surface area contributed by atoms with Crippen LogP contribution < -0.4 is 14.2 Å². The highest BCUT2D eigenvalue weighted by Crippen LogP contribution is 2.28. The van der Waals surface area contributed by atoms with Gasteiger partial charge in [0.2, 0.25) is 0 Å². The van der Waals surface area contributed by atoms with Gasteiger partial charge in [-0.2, -0.15) is 0 Å². The van der Waals surface area contributed by atoms with Crippen LogP contribution in [0.3, 0.4) is 0 Å². The van der Waals surface area contributed by atoms with Crippen molar-refractivity contribution in [2.45, 2.75) is 6.92 Å². The fraction of sp³-hybridized carbons (Fsp3) is 0.238. The molecule has 6 nitrogen and oxygen atoms in total. The number of hydrogen-bond donors (Lipinski definition) is 0. The van der Waals surface area contributed by atoms with Gasteiger partial charge in [-0.05, 0) is 55.0 Å². The normalized spacial score (nSPS) is 10.5. The van der Waals surface area contributed by atoms with E-state index in [9.17, 15) is 9.59 Å². The average Bonchev–Trinajstić information content (AvgIpc) is 2.71. The fourth-order valence-corrected chi connectivity index (χ4v) is 2.27. The third-order valence-electron chi connectivity index (χ3n) is 3.66. The Kier molecular flexibility index (Phi) is 7.43. The van der Waals surface area contributed by atoms with Gasteiger partial charge >= 0.3 is 5.97 Å². The number of ether oxygens (including phenoxy) is 4. The topological polar surface area (TPSA) is 71.1 Å². The largest absolute Gasteiger partial charge is 0.497 e. The van der Waals surface area contributed by atoms with Crippen molar-refractivity contribution in [1.29, 1.82) is 0 Å². The highest BCUT2D eigenvalue weighted by atomic mass is 16.5. The van der Waals surface area contributed by atoms with Gasteiger partial charge in [-0.25, -0.2) is 4.79 Å². The highest BCUT2D eigenvalue weighted by Gasteiger charge is 2.09. The van der Waals surface area contributed by atoms with E-state index in [0.29, 0.717) is 29.4 Å². The summed E-state index contributed by atoms with van der Waals surface area (Å²) in [6, 6.07) is 11.9. The first-order valence-electron chi connectivity index (χ1n) is 8.40. The van der Waals surface area contributed by atoms with Crippen LogP contribution in [0.4, 0.5) is 0 Å². The Balaban J connectivity index is 1.92.